The van der Waals surface area contributed by atoms with Crippen LogP contribution >= 0.6 is 0 Å². The maximum atomic E-state index is 13.9. The maximum Gasteiger partial charge on any atom is 0.127 e. The van der Waals surface area contributed by atoms with E-state index in [0.29, 0.717) is 12.6 Å². The zero-order valence-electron chi connectivity index (χ0n) is 12.1. The first-order valence-electron chi connectivity index (χ1n) is 6.91. The second kappa shape index (κ2) is 6.46. The summed E-state index contributed by atoms with van der Waals surface area (Å²) in [7, 11) is 6.13. The minimum Gasteiger partial charge on any atom is -0.316 e. The SMILES string of the molecule is CNCc1ccc(F)c(CN2CCC(N(C)C)C2)c1. The summed E-state index contributed by atoms with van der Waals surface area (Å²) in [6.45, 7) is 3.59. The van der Waals surface area contributed by atoms with Gasteiger partial charge in [-0.15, -0.1) is 0 Å². The molecule has 106 valence electrons. The first-order valence-corrected chi connectivity index (χ1v) is 6.91. The number of halogens is 1. The van der Waals surface area contributed by atoms with Crippen molar-refractivity contribution in [3.05, 3.63) is 35.1 Å². The van der Waals surface area contributed by atoms with Gasteiger partial charge in [0.15, 0.2) is 0 Å². The molecule has 4 heteroatoms. The van der Waals surface area contributed by atoms with Crippen LogP contribution in [-0.2, 0) is 13.1 Å². The lowest BCUT2D eigenvalue weighted by molar-refractivity contribution is 0.263. The van der Waals surface area contributed by atoms with Gasteiger partial charge in [-0.3, -0.25) is 4.90 Å². The minimum atomic E-state index is -0.0897. The third-order valence-corrected chi connectivity index (χ3v) is 3.86. The topological polar surface area (TPSA) is 18.5 Å². The number of hydrogen-bond donors (Lipinski definition) is 1. The van der Waals surface area contributed by atoms with Crippen molar-refractivity contribution in [3.8, 4) is 0 Å². The molecule has 3 nitrogen and oxygen atoms in total. The van der Waals surface area contributed by atoms with Crippen LogP contribution in [-0.4, -0.2) is 50.1 Å². The monoisotopic (exact) mass is 265 g/mol. The van der Waals surface area contributed by atoms with Crippen LogP contribution in [0.5, 0.6) is 0 Å². The molecule has 1 fully saturated rings. The number of benzene rings is 1. The fraction of sp³-hybridized carbons (Fsp3) is 0.600. The van der Waals surface area contributed by atoms with Crippen LogP contribution < -0.4 is 5.32 Å². The number of likely N-dealkylation sites (tertiary alicyclic amines) is 1. The Labute approximate surface area is 115 Å². The van der Waals surface area contributed by atoms with Gasteiger partial charge in [-0.1, -0.05) is 12.1 Å². The molecule has 0 aliphatic carbocycles. The standard InChI is InChI=1S/C15H24FN3/c1-17-9-12-4-5-15(16)13(8-12)10-19-7-6-14(11-19)18(2)3/h4-5,8,14,17H,6-7,9-11H2,1-3H3. The maximum absolute atomic E-state index is 13.9. The van der Waals surface area contributed by atoms with E-state index in [1.807, 2.05) is 19.2 Å². The molecule has 0 radical (unpaired) electrons. The third kappa shape index (κ3) is 3.75. The Balaban J connectivity index is 2.01. The predicted octanol–water partition coefficient (Wildman–Crippen LogP) is 1.68. The molecule has 1 unspecified atom stereocenters. The van der Waals surface area contributed by atoms with Crippen LogP contribution in [0.1, 0.15) is 17.5 Å². The van der Waals surface area contributed by atoms with Crippen molar-refractivity contribution in [1.82, 2.24) is 15.1 Å². The Hall–Kier alpha value is -0.970. The third-order valence-electron chi connectivity index (χ3n) is 3.86. The summed E-state index contributed by atoms with van der Waals surface area (Å²) in [6.07, 6.45) is 1.17. The van der Waals surface area contributed by atoms with E-state index in [1.165, 1.54) is 6.42 Å². The number of rotatable bonds is 5. The molecule has 1 aliphatic rings. The van der Waals surface area contributed by atoms with Gasteiger partial charge in [0.25, 0.3) is 0 Å². The van der Waals surface area contributed by atoms with Crippen LogP contribution in [0, 0.1) is 5.82 Å². The Morgan fingerprint density at radius 1 is 1.42 bits per heavy atom. The summed E-state index contributed by atoms with van der Waals surface area (Å²) in [6, 6.07) is 6.02. The second-order valence-corrected chi connectivity index (χ2v) is 5.60. The fourth-order valence-electron chi connectivity index (χ4n) is 2.68. The number of hydrogen-bond acceptors (Lipinski definition) is 3. The Morgan fingerprint density at radius 2 is 2.21 bits per heavy atom. The van der Waals surface area contributed by atoms with Gasteiger partial charge in [-0.25, -0.2) is 4.39 Å². The van der Waals surface area contributed by atoms with Crippen molar-refractivity contribution in [2.45, 2.75) is 25.6 Å². The summed E-state index contributed by atoms with van der Waals surface area (Å²) in [5.74, 6) is -0.0897. The average Bonchev–Trinajstić information content (AvgIpc) is 2.82. The molecule has 1 aromatic carbocycles. The molecular weight excluding hydrogens is 241 g/mol. The largest absolute Gasteiger partial charge is 0.316 e. The number of nitrogens with zero attached hydrogens (tertiary/aromatic N) is 2. The average molecular weight is 265 g/mol. The fourth-order valence-corrected chi connectivity index (χ4v) is 2.68. The van der Waals surface area contributed by atoms with Gasteiger partial charge in [-0.05, 0) is 39.2 Å². The zero-order valence-corrected chi connectivity index (χ0v) is 12.1. The highest BCUT2D eigenvalue weighted by atomic mass is 19.1. The number of nitrogens with one attached hydrogen (secondary N) is 1. The summed E-state index contributed by atoms with van der Waals surface area (Å²) in [4.78, 5) is 4.60. The molecule has 0 aromatic heterocycles. The van der Waals surface area contributed by atoms with Gasteiger partial charge in [-0.2, -0.15) is 0 Å². The summed E-state index contributed by atoms with van der Waals surface area (Å²) >= 11 is 0. The minimum absolute atomic E-state index is 0.0897. The first-order chi connectivity index (χ1) is 9.10. The molecule has 1 heterocycles. The van der Waals surface area contributed by atoms with Gasteiger partial charge >= 0.3 is 0 Å². The van der Waals surface area contributed by atoms with Gasteiger partial charge in [0.05, 0.1) is 0 Å². The van der Waals surface area contributed by atoms with Crippen LogP contribution in [0.2, 0.25) is 0 Å². The van der Waals surface area contributed by atoms with Crippen molar-refractivity contribution >= 4 is 0 Å². The van der Waals surface area contributed by atoms with E-state index in [4.69, 9.17) is 0 Å². The number of likely N-dealkylation sites (N-methyl/N-ethyl adjacent to an activating group) is 1. The Morgan fingerprint density at radius 3 is 2.84 bits per heavy atom. The van der Waals surface area contributed by atoms with E-state index < -0.39 is 0 Å². The van der Waals surface area contributed by atoms with E-state index in [-0.39, 0.29) is 5.82 Å². The zero-order chi connectivity index (χ0) is 13.8. The molecule has 19 heavy (non-hydrogen) atoms. The van der Waals surface area contributed by atoms with E-state index in [0.717, 1.165) is 30.8 Å². The highest BCUT2D eigenvalue weighted by Crippen LogP contribution is 2.19. The van der Waals surface area contributed by atoms with Crippen molar-refractivity contribution in [2.24, 2.45) is 0 Å². The molecule has 0 saturated carbocycles. The highest BCUT2D eigenvalue weighted by Gasteiger charge is 2.24. The summed E-state index contributed by atoms with van der Waals surface area (Å²) in [5.41, 5.74) is 1.95. The van der Waals surface area contributed by atoms with Gasteiger partial charge in [0, 0.05) is 37.8 Å². The van der Waals surface area contributed by atoms with Crippen molar-refractivity contribution in [2.75, 3.05) is 34.2 Å². The molecule has 1 aliphatic heterocycles. The van der Waals surface area contributed by atoms with Crippen LogP contribution in [0.4, 0.5) is 4.39 Å². The highest BCUT2D eigenvalue weighted by molar-refractivity contribution is 5.25. The van der Waals surface area contributed by atoms with Crippen LogP contribution in [0.25, 0.3) is 0 Å². The van der Waals surface area contributed by atoms with E-state index in [9.17, 15) is 4.39 Å². The van der Waals surface area contributed by atoms with Crippen molar-refractivity contribution < 1.29 is 4.39 Å². The molecule has 1 N–H and O–H groups in total. The Kier molecular flexibility index (Phi) is 4.91. The molecule has 2 rings (SSSR count). The van der Waals surface area contributed by atoms with Crippen molar-refractivity contribution in [3.63, 3.8) is 0 Å². The molecule has 1 atom stereocenters. The quantitative estimate of drug-likeness (QED) is 0.874. The van der Waals surface area contributed by atoms with E-state index in [2.05, 4.69) is 29.2 Å². The molecule has 0 spiro atoms. The second-order valence-electron chi connectivity index (χ2n) is 5.60. The molecule has 1 saturated heterocycles. The van der Waals surface area contributed by atoms with Crippen LogP contribution in [0.15, 0.2) is 18.2 Å². The van der Waals surface area contributed by atoms with Gasteiger partial charge in [0.1, 0.15) is 5.82 Å². The van der Waals surface area contributed by atoms with Crippen molar-refractivity contribution in [1.29, 1.82) is 0 Å². The summed E-state index contributed by atoms with van der Waals surface area (Å²) in [5, 5.41) is 3.10. The normalized spacial score (nSPS) is 20.4. The molecule has 0 bridgehead atoms. The lowest BCUT2D eigenvalue weighted by atomic mass is 10.1. The summed E-state index contributed by atoms with van der Waals surface area (Å²) < 4.78 is 13.9. The predicted molar refractivity (Wildman–Crippen MR) is 76.5 cm³/mol. The smallest absolute Gasteiger partial charge is 0.127 e. The first kappa shape index (κ1) is 14.4. The van der Waals surface area contributed by atoms with Crippen LogP contribution in [0.3, 0.4) is 0 Å². The van der Waals surface area contributed by atoms with Gasteiger partial charge < -0.3 is 10.2 Å². The molecular formula is C15H24FN3. The molecule has 1 aromatic rings. The lowest BCUT2D eigenvalue weighted by Gasteiger charge is -2.20. The van der Waals surface area contributed by atoms with E-state index in [1.54, 1.807) is 6.07 Å². The Bertz CT molecular complexity index is 420. The van der Waals surface area contributed by atoms with Gasteiger partial charge in [0.2, 0.25) is 0 Å². The molecule has 0 amide bonds. The van der Waals surface area contributed by atoms with E-state index >= 15 is 0 Å². The lowest BCUT2D eigenvalue weighted by Crippen LogP contribution is -2.31.